The average Bonchev–Trinajstić information content (AvgIpc) is 3.41. The van der Waals surface area contributed by atoms with E-state index in [1.807, 2.05) is 93.6 Å². The zero-order valence-corrected chi connectivity index (χ0v) is 27.9. The molecule has 0 amide bonds. The summed E-state index contributed by atoms with van der Waals surface area (Å²) in [7, 11) is 0. The Morgan fingerprint density at radius 2 is 1.57 bits per heavy atom. The molecule has 0 fully saturated rings. The molecule has 0 aliphatic rings. The third-order valence-electron chi connectivity index (χ3n) is 6.87. The van der Waals surface area contributed by atoms with Gasteiger partial charge in [0.2, 0.25) is 0 Å². The molecule has 42 heavy (non-hydrogen) atoms. The van der Waals surface area contributed by atoms with Crippen molar-refractivity contribution in [3.8, 4) is 39.4 Å². The summed E-state index contributed by atoms with van der Waals surface area (Å²) in [5.74, 6) is 1.35. The largest absolute Gasteiger partial charge is 0.491 e. The molecule has 5 aromatic rings. The van der Waals surface area contributed by atoms with E-state index in [0.717, 1.165) is 51.5 Å². The van der Waals surface area contributed by atoms with Crippen molar-refractivity contribution in [2.45, 2.75) is 59.6 Å². The predicted octanol–water partition coefficient (Wildman–Crippen LogP) is 5.89. The first-order chi connectivity index (χ1) is 19.9. The van der Waals surface area contributed by atoms with E-state index < -0.39 is 5.76 Å². The summed E-state index contributed by atoms with van der Waals surface area (Å²) in [6, 6.07) is 23.4. The van der Waals surface area contributed by atoms with Crippen LogP contribution in [-0.2, 0) is 19.4 Å². The summed E-state index contributed by atoms with van der Waals surface area (Å²) in [5.41, 5.74) is 5.86. The molecular weight excluding hydrogens is 555 g/mol. The van der Waals surface area contributed by atoms with E-state index in [0.29, 0.717) is 30.8 Å². The second-order valence-corrected chi connectivity index (χ2v) is 10.2. The molecule has 0 spiro atoms. The summed E-state index contributed by atoms with van der Waals surface area (Å²) in [4.78, 5) is 33.2. The van der Waals surface area contributed by atoms with Gasteiger partial charge in [-0.2, -0.15) is 0 Å². The van der Waals surface area contributed by atoms with Crippen LogP contribution in [0.4, 0.5) is 0 Å². The van der Waals surface area contributed by atoms with Crippen LogP contribution in [0, 0.1) is 0 Å². The predicted molar refractivity (Wildman–Crippen MR) is 166 cm³/mol. The van der Waals surface area contributed by atoms with E-state index in [4.69, 9.17) is 14.2 Å². The van der Waals surface area contributed by atoms with Gasteiger partial charge in [-0.15, -0.1) is 0 Å². The Hall–Kier alpha value is -3.08. The van der Waals surface area contributed by atoms with Crippen LogP contribution in [-0.4, -0.2) is 77.2 Å². The number of aromatic amines is 1. The van der Waals surface area contributed by atoms with E-state index >= 15 is 0 Å². The number of hydrogen-bond acceptors (Lipinski definition) is 6. The van der Waals surface area contributed by atoms with Crippen LogP contribution in [0.3, 0.4) is 0 Å². The second kappa shape index (κ2) is 14.4. The quantitative estimate of drug-likeness (QED) is 0.204. The summed E-state index contributed by atoms with van der Waals surface area (Å²) < 4.78 is 12.3. The smallest absolute Gasteiger partial charge is 0.439 e. The Balaban J connectivity index is 0.00000405. The number of nitrogens with one attached hydrogen (secondary N) is 1. The van der Waals surface area contributed by atoms with Crippen LogP contribution in [0.25, 0.3) is 33.6 Å². The van der Waals surface area contributed by atoms with Crippen molar-refractivity contribution in [1.29, 1.82) is 0 Å². The molecule has 211 valence electrons. The van der Waals surface area contributed by atoms with Gasteiger partial charge in [-0.3, -0.25) is 18.9 Å². The number of benzene rings is 3. The van der Waals surface area contributed by atoms with E-state index in [1.165, 1.54) is 0 Å². The number of aromatic nitrogens is 4. The minimum atomic E-state index is -0.597. The summed E-state index contributed by atoms with van der Waals surface area (Å²) >= 11 is 0. The number of rotatable bonds is 10. The van der Waals surface area contributed by atoms with E-state index in [-0.39, 0.29) is 63.0 Å². The molecule has 2 aromatic heterocycles. The van der Waals surface area contributed by atoms with Crippen LogP contribution in [0.2, 0.25) is 0 Å². The van der Waals surface area contributed by atoms with Gasteiger partial charge in [0.05, 0.1) is 23.9 Å². The molecule has 0 bridgehead atoms. The summed E-state index contributed by atoms with van der Waals surface area (Å²) in [6.07, 6.45) is 2.34. The Bertz CT molecular complexity index is 1750. The Kier molecular flexibility index (Phi) is 10.9. The van der Waals surface area contributed by atoms with Crippen molar-refractivity contribution in [3.05, 3.63) is 111 Å². The molecule has 3 aromatic carbocycles. The number of H-pyrrole nitrogens is 1. The summed E-state index contributed by atoms with van der Waals surface area (Å²) in [5, 5.41) is 3.85. The third-order valence-corrected chi connectivity index (χ3v) is 6.87. The minimum Gasteiger partial charge on any atom is -0.491 e. The van der Waals surface area contributed by atoms with Gasteiger partial charge in [-0.05, 0) is 61.1 Å². The maximum absolute atomic E-state index is 14.1. The molecule has 0 atom stereocenters. The third kappa shape index (κ3) is 7.10. The van der Waals surface area contributed by atoms with Gasteiger partial charge in [0.15, 0.2) is 5.82 Å². The average molecular weight is 590 g/mol. The molecule has 0 saturated heterocycles. The van der Waals surface area contributed by atoms with Crippen molar-refractivity contribution in [2.75, 3.05) is 0 Å². The number of ether oxygens (including phenoxy) is 1. The van der Waals surface area contributed by atoms with Crippen molar-refractivity contribution in [1.82, 2.24) is 19.7 Å². The molecule has 5 rings (SSSR count). The monoisotopic (exact) mass is 589 g/mol. The molecule has 2 heterocycles. The van der Waals surface area contributed by atoms with Crippen LogP contribution >= 0.6 is 0 Å². The zero-order chi connectivity index (χ0) is 28.9. The first-order valence-corrected chi connectivity index (χ1v) is 14.0. The van der Waals surface area contributed by atoms with Crippen LogP contribution in [0.15, 0.2) is 86.9 Å². The normalized spacial score (nSPS) is 11.0. The first-order valence-electron chi connectivity index (χ1n) is 14.0. The van der Waals surface area contributed by atoms with Crippen molar-refractivity contribution >= 4 is 51.4 Å². The first kappa shape index (κ1) is 31.8. The van der Waals surface area contributed by atoms with Gasteiger partial charge in [0.1, 0.15) is 11.6 Å². The molecular formula is C33H34KN4O4. The Morgan fingerprint density at radius 1 is 0.905 bits per heavy atom. The minimum absolute atomic E-state index is 0. The Morgan fingerprint density at radius 3 is 2.17 bits per heavy atom. The van der Waals surface area contributed by atoms with Gasteiger partial charge in [0.25, 0.3) is 5.56 Å². The maximum atomic E-state index is 14.1. The van der Waals surface area contributed by atoms with Gasteiger partial charge in [-0.25, -0.2) is 9.78 Å². The van der Waals surface area contributed by atoms with Crippen LogP contribution in [0.5, 0.6) is 5.75 Å². The van der Waals surface area contributed by atoms with Gasteiger partial charge >= 0.3 is 5.76 Å². The van der Waals surface area contributed by atoms with Crippen molar-refractivity contribution in [2.24, 2.45) is 0 Å². The zero-order valence-electron chi connectivity index (χ0n) is 24.8. The fourth-order valence-corrected chi connectivity index (χ4v) is 5.00. The SMILES string of the molecule is CCCc1nc(CC)c(-c2ccc(OC(C)C)cc2)c(=O)n1Cc1ccc(-c2ccccc2-c2noc(=O)[nH]2)cc1.[K]. The molecule has 0 aliphatic carbocycles. The van der Waals surface area contributed by atoms with Crippen molar-refractivity contribution in [3.63, 3.8) is 0 Å². The summed E-state index contributed by atoms with van der Waals surface area (Å²) in [6.45, 7) is 8.51. The van der Waals surface area contributed by atoms with Crippen LogP contribution in [0.1, 0.15) is 51.2 Å². The Labute approximate surface area is 287 Å². The topological polar surface area (TPSA) is 103 Å². The fourth-order valence-electron chi connectivity index (χ4n) is 5.00. The van der Waals surface area contributed by atoms with E-state index in [2.05, 4.69) is 17.1 Å². The molecule has 8 nitrogen and oxygen atoms in total. The number of aryl methyl sites for hydroxylation is 2. The molecule has 0 saturated carbocycles. The number of hydrogen-bond donors (Lipinski definition) is 1. The second-order valence-electron chi connectivity index (χ2n) is 10.2. The fraction of sp³-hybridized carbons (Fsp3) is 0.273. The number of nitrogens with zero attached hydrogens (tertiary/aromatic N) is 3. The maximum Gasteiger partial charge on any atom is 0.439 e. The van der Waals surface area contributed by atoms with Crippen LogP contribution < -0.4 is 16.1 Å². The molecule has 1 N–H and O–H groups in total. The van der Waals surface area contributed by atoms with E-state index in [9.17, 15) is 9.59 Å². The van der Waals surface area contributed by atoms with Gasteiger partial charge in [0, 0.05) is 63.4 Å². The standard InChI is InChI=1S/C33H34N4O4.K/c1-5-9-29-34-28(6-2)30(24-16-18-25(19-17-24)40-21(3)4)32(38)37(29)20-22-12-14-23(15-13-22)26-10-7-8-11-27(26)31-35-33(39)41-36-31;/h7-8,10-19,21H,5-6,9,20H2,1-4H3,(H,35,36,39);. The van der Waals surface area contributed by atoms with Gasteiger partial charge < -0.3 is 4.74 Å². The van der Waals surface area contributed by atoms with Crippen molar-refractivity contribution < 1.29 is 9.26 Å². The van der Waals surface area contributed by atoms with Gasteiger partial charge in [-0.1, -0.05) is 79.7 Å². The molecule has 1 radical (unpaired) electrons. The molecule has 9 heteroatoms. The van der Waals surface area contributed by atoms with E-state index in [1.54, 1.807) is 4.57 Å². The molecule has 0 unspecified atom stereocenters. The molecule has 0 aliphatic heterocycles.